The normalized spacial score (nSPS) is 38.5. The van der Waals surface area contributed by atoms with Crippen molar-refractivity contribution < 1.29 is 0 Å². The monoisotopic (exact) mass is 182 g/mol. The number of piperidine rings is 3. The van der Waals surface area contributed by atoms with Gasteiger partial charge in [-0.05, 0) is 38.3 Å². The van der Waals surface area contributed by atoms with Crippen molar-refractivity contribution in [3.63, 3.8) is 0 Å². The van der Waals surface area contributed by atoms with E-state index in [1.54, 1.807) is 0 Å². The van der Waals surface area contributed by atoms with E-state index in [1.807, 2.05) is 0 Å². The predicted octanol–water partition coefficient (Wildman–Crippen LogP) is 1.47. The van der Waals surface area contributed by atoms with E-state index >= 15 is 0 Å². The molecule has 3 saturated heterocycles. The summed E-state index contributed by atoms with van der Waals surface area (Å²) in [7, 11) is 0. The second-order valence-corrected chi connectivity index (χ2v) is 4.93. The molecule has 0 spiro atoms. The summed E-state index contributed by atoms with van der Waals surface area (Å²) in [5.74, 6) is 1.05. The Labute approximate surface area is 81.7 Å². The van der Waals surface area contributed by atoms with Gasteiger partial charge >= 0.3 is 0 Å². The smallest absolute Gasteiger partial charge is 0.0223 e. The topological polar surface area (TPSA) is 15.3 Å². The Kier molecular flexibility index (Phi) is 2.89. The summed E-state index contributed by atoms with van der Waals surface area (Å²) in [6.07, 6.45) is 4.36. The Morgan fingerprint density at radius 1 is 1.31 bits per heavy atom. The highest BCUT2D eigenvalue weighted by atomic mass is 15.2. The van der Waals surface area contributed by atoms with E-state index < -0.39 is 0 Å². The largest absolute Gasteiger partial charge is 0.313 e. The van der Waals surface area contributed by atoms with Crippen molar-refractivity contribution in [3.05, 3.63) is 0 Å². The highest BCUT2D eigenvalue weighted by Crippen LogP contribution is 2.31. The SMILES string of the molecule is CC(C)NCC1CC2CCN1CC2. The molecule has 3 heterocycles. The molecule has 3 aliphatic rings. The molecular formula is C11H22N2. The Morgan fingerprint density at radius 2 is 2.00 bits per heavy atom. The minimum atomic E-state index is 0.640. The maximum absolute atomic E-state index is 3.56. The molecule has 3 rings (SSSR count). The number of rotatable bonds is 3. The number of hydrogen-bond donors (Lipinski definition) is 1. The van der Waals surface area contributed by atoms with Crippen LogP contribution in [-0.2, 0) is 0 Å². The van der Waals surface area contributed by atoms with Gasteiger partial charge in [0.05, 0.1) is 0 Å². The van der Waals surface area contributed by atoms with Gasteiger partial charge in [-0.1, -0.05) is 13.8 Å². The summed E-state index contributed by atoms with van der Waals surface area (Å²) in [5, 5.41) is 3.56. The van der Waals surface area contributed by atoms with Crippen LogP contribution in [0.3, 0.4) is 0 Å². The molecule has 0 aliphatic carbocycles. The molecule has 0 aromatic carbocycles. The molecular weight excluding hydrogens is 160 g/mol. The van der Waals surface area contributed by atoms with Gasteiger partial charge in [0.1, 0.15) is 0 Å². The Bertz CT molecular complexity index is 159. The second kappa shape index (κ2) is 3.97. The molecule has 0 amide bonds. The van der Waals surface area contributed by atoms with Crippen molar-refractivity contribution in [3.8, 4) is 0 Å². The van der Waals surface area contributed by atoms with Crippen LogP contribution in [0.5, 0.6) is 0 Å². The third kappa shape index (κ3) is 2.23. The number of fused-ring (bicyclic) bond motifs is 3. The summed E-state index contributed by atoms with van der Waals surface area (Å²) in [6, 6.07) is 1.48. The fraction of sp³-hybridized carbons (Fsp3) is 1.00. The molecule has 2 bridgehead atoms. The van der Waals surface area contributed by atoms with Gasteiger partial charge in [-0.25, -0.2) is 0 Å². The van der Waals surface area contributed by atoms with Crippen LogP contribution in [0.15, 0.2) is 0 Å². The molecule has 1 atom stereocenters. The lowest BCUT2D eigenvalue weighted by Gasteiger charge is -2.45. The van der Waals surface area contributed by atoms with Gasteiger partial charge < -0.3 is 5.32 Å². The highest BCUT2D eigenvalue weighted by molar-refractivity contribution is 4.88. The van der Waals surface area contributed by atoms with Crippen LogP contribution in [0.25, 0.3) is 0 Å². The maximum atomic E-state index is 3.56. The van der Waals surface area contributed by atoms with Gasteiger partial charge in [0.2, 0.25) is 0 Å². The maximum Gasteiger partial charge on any atom is 0.0223 e. The number of nitrogens with one attached hydrogen (secondary N) is 1. The minimum absolute atomic E-state index is 0.640. The van der Waals surface area contributed by atoms with Crippen LogP contribution >= 0.6 is 0 Å². The van der Waals surface area contributed by atoms with Gasteiger partial charge in [-0.15, -0.1) is 0 Å². The summed E-state index contributed by atoms with van der Waals surface area (Å²) in [5.41, 5.74) is 0. The van der Waals surface area contributed by atoms with Crippen LogP contribution in [0, 0.1) is 5.92 Å². The van der Waals surface area contributed by atoms with E-state index in [9.17, 15) is 0 Å². The standard InChI is InChI=1S/C11H22N2/c1-9(2)12-8-11-7-10-3-5-13(11)6-4-10/h9-12H,3-8H2,1-2H3. The highest BCUT2D eigenvalue weighted by Gasteiger charge is 2.32. The van der Waals surface area contributed by atoms with E-state index in [0.717, 1.165) is 12.0 Å². The number of hydrogen-bond acceptors (Lipinski definition) is 2. The molecule has 0 aromatic rings. The molecule has 3 aliphatic heterocycles. The quantitative estimate of drug-likeness (QED) is 0.711. The minimum Gasteiger partial charge on any atom is -0.313 e. The van der Waals surface area contributed by atoms with Gasteiger partial charge in [0.25, 0.3) is 0 Å². The summed E-state index contributed by atoms with van der Waals surface area (Å²) in [4.78, 5) is 2.68. The van der Waals surface area contributed by atoms with Crippen molar-refractivity contribution in [1.29, 1.82) is 0 Å². The first kappa shape index (κ1) is 9.47. The van der Waals surface area contributed by atoms with Crippen LogP contribution in [0.4, 0.5) is 0 Å². The first-order valence-electron chi connectivity index (χ1n) is 5.73. The molecule has 0 radical (unpaired) electrons. The van der Waals surface area contributed by atoms with Crippen LogP contribution < -0.4 is 5.32 Å². The van der Waals surface area contributed by atoms with E-state index in [0.29, 0.717) is 6.04 Å². The van der Waals surface area contributed by atoms with E-state index in [4.69, 9.17) is 0 Å². The lowest BCUT2D eigenvalue weighted by molar-refractivity contribution is 0.0487. The fourth-order valence-corrected chi connectivity index (χ4v) is 2.67. The van der Waals surface area contributed by atoms with E-state index in [1.165, 1.54) is 38.9 Å². The number of nitrogens with zero attached hydrogens (tertiary/aromatic N) is 1. The summed E-state index contributed by atoms with van der Waals surface area (Å²) >= 11 is 0. The molecule has 2 heteroatoms. The van der Waals surface area contributed by atoms with Gasteiger partial charge in [0.15, 0.2) is 0 Å². The fourth-order valence-electron chi connectivity index (χ4n) is 2.67. The molecule has 1 unspecified atom stereocenters. The van der Waals surface area contributed by atoms with E-state index in [-0.39, 0.29) is 0 Å². The zero-order valence-corrected chi connectivity index (χ0v) is 8.92. The van der Waals surface area contributed by atoms with Crippen molar-refractivity contribution in [2.45, 2.75) is 45.2 Å². The van der Waals surface area contributed by atoms with Gasteiger partial charge in [-0.3, -0.25) is 4.90 Å². The van der Waals surface area contributed by atoms with Crippen LogP contribution in [-0.4, -0.2) is 36.6 Å². The molecule has 76 valence electrons. The molecule has 1 N–H and O–H groups in total. The van der Waals surface area contributed by atoms with Gasteiger partial charge in [0, 0.05) is 18.6 Å². The summed E-state index contributed by atoms with van der Waals surface area (Å²) < 4.78 is 0. The second-order valence-electron chi connectivity index (χ2n) is 4.93. The van der Waals surface area contributed by atoms with Crippen LogP contribution in [0.1, 0.15) is 33.1 Å². The first-order chi connectivity index (χ1) is 6.25. The summed E-state index contributed by atoms with van der Waals surface area (Å²) in [6.45, 7) is 8.38. The Morgan fingerprint density at radius 3 is 2.46 bits per heavy atom. The molecule has 13 heavy (non-hydrogen) atoms. The lowest BCUT2D eigenvalue weighted by Crippen LogP contribution is -2.53. The van der Waals surface area contributed by atoms with Crippen molar-refractivity contribution in [2.75, 3.05) is 19.6 Å². The molecule has 3 fully saturated rings. The molecule has 2 nitrogen and oxygen atoms in total. The lowest BCUT2D eigenvalue weighted by atomic mass is 9.83. The third-order valence-electron chi connectivity index (χ3n) is 3.53. The molecule has 0 aromatic heterocycles. The third-order valence-corrected chi connectivity index (χ3v) is 3.53. The van der Waals surface area contributed by atoms with Gasteiger partial charge in [-0.2, -0.15) is 0 Å². The predicted molar refractivity (Wildman–Crippen MR) is 55.8 cm³/mol. The zero-order chi connectivity index (χ0) is 9.26. The van der Waals surface area contributed by atoms with E-state index in [2.05, 4.69) is 24.1 Å². The Hall–Kier alpha value is -0.0800. The first-order valence-corrected chi connectivity index (χ1v) is 5.73. The Balaban J connectivity index is 1.80. The average Bonchev–Trinajstić information content (AvgIpc) is 2.17. The molecule has 0 saturated carbocycles. The van der Waals surface area contributed by atoms with Crippen LogP contribution in [0.2, 0.25) is 0 Å². The van der Waals surface area contributed by atoms with Crippen molar-refractivity contribution >= 4 is 0 Å². The zero-order valence-electron chi connectivity index (χ0n) is 8.92. The van der Waals surface area contributed by atoms with Crippen molar-refractivity contribution in [1.82, 2.24) is 10.2 Å². The average molecular weight is 182 g/mol. The van der Waals surface area contributed by atoms with Crippen molar-refractivity contribution in [2.24, 2.45) is 5.92 Å².